The molecule has 2 N–H and O–H groups in total. The van der Waals surface area contributed by atoms with Crippen molar-refractivity contribution in [2.75, 3.05) is 13.1 Å². The van der Waals surface area contributed by atoms with E-state index in [1.807, 2.05) is 0 Å². The lowest BCUT2D eigenvalue weighted by molar-refractivity contribution is 0.0764. The number of likely N-dealkylation sites (tertiary alicyclic amines) is 1. The molecule has 0 spiro atoms. The molecule has 1 amide bonds. The van der Waals surface area contributed by atoms with Gasteiger partial charge in [-0.3, -0.25) is 19.7 Å². The van der Waals surface area contributed by atoms with Crippen molar-refractivity contribution in [1.82, 2.24) is 19.9 Å². The first-order chi connectivity index (χ1) is 10.6. The summed E-state index contributed by atoms with van der Waals surface area (Å²) in [5.74, 6) is -0.378. The Bertz CT molecular complexity index is 665. The highest BCUT2D eigenvalue weighted by atomic mass is 16.3. The first kappa shape index (κ1) is 14.4. The zero-order valence-electron chi connectivity index (χ0n) is 11.8. The van der Waals surface area contributed by atoms with Crippen molar-refractivity contribution in [3.63, 3.8) is 0 Å². The minimum absolute atomic E-state index is 0.0540. The molecule has 1 fully saturated rings. The van der Waals surface area contributed by atoms with Crippen LogP contribution >= 0.6 is 0 Å². The van der Waals surface area contributed by atoms with Gasteiger partial charge in [-0.1, -0.05) is 0 Å². The number of nitrogens with zero attached hydrogens (tertiary/aromatic N) is 4. The molecule has 7 nitrogen and oxygen atoms in total. The predicted octanol–water partition coefficient (Wildman–Crippen LogP) is 0.253. The third-order valence-corrected chi connectivity index (χ3v) is 3.75. The van der Waals surface area contributed by atoms with Gasteiger partial charge in [0.2, 0.25) is 0 Å². The fourth-order valence-electron chi connectivity index (χ4n) is 2.65. The van der Waals surface area contributed by atoms with Crippen molar-refractivity contribution in [2.24, 2.45) is 5.92 Å². The Hall–Kier alpha value is -2.54. The number of amides is 1. The van der Waals surface area contributed by atoms with E-state index in [1.165, 1.54) is 18.5 Å². The molecule has 3 heterocycles. The SMILES string of the molecule is O=C(c1cncc(O)c1)N1C[C@@H](Cc2cnccn2)[C@H](O)C1. The van der Waals surface area contributed by atoms with E-state index in [0.29, 0.717) is 18.5 Å². The van der Waals surface area contributed by atoms with Crippen LogP contribution in [0.2, 0.25) is 0 Å². The van der Waals surface area contributed by atoms with Crippen LogP contribution in [0.25, 0.3) is 0 Å². The quantitative estimate of drug-likeness (QED) is 0.843. The molecule has 0 bridgehead atoms. The van der Waals surface area contributed by atoms with Gasteiger partial charge in [-0.2, -0.15) is 0 Å². The zero-order chi connectivity index (χ0) is 15.5. The van der Waals surface area contributed by atoms with Gasteiger partial charge >= 0.3 is 0 Å². The molecule has 1 aliphatic heterocycles. The van der Waals surface area contributed by atoms with E-state index in [2.05, 4.69) is 15.0 Å². The number of hydrogen-bond acceptors (Lipinski definition) is 6. The maximum atomic E-state index is 12.4. The minimum atomic E-state index is -0.601. The number of aromatic nitrogens is 3. The highest BCUT2D eigenvalue weighted by Crippen LogP contribution is 2.23. The maximum absolute atomic E-state index is 12.4. The predicted molar refractivity (Wildman–Crippen MR) is 77.0 cm³/mol. The number of pyridine rings is 1. The van der Waals surface area contributed by atoms with E-state index in [-0.39, 0.29) is 24.1 Å². The lowest BCUT2D eigenvalue weighted by atomic mass is 10.0. The van der Waals surface area contributed by atoms with Crippen LogP contribution in [-0.4, -0.2) is 55.2 Å². The molecule has 2 aromatic rings. The van der Waals surface area contributed by atoms with E-state index in [1.54, 1.807) is 23.5 Å². The summed E-state index contributed by atoms with van der Waals surface area (Å²) in [5, 5.41) is 19.6. The molecule has 2 atom stereocenters. The van der Waals surface area contributed by atoms with Crippen molar-refractivity contribution in [3.8, 4) is 5.75 Å². The first-order valence-corrected chi connectivity index (χ1v) is 6.99. The molecule has 1 aliphatic rings. The molecule has 0 unspecified atom stereocenters. The van der Waals surface area contributed by atoms with Crippen LogP contribution in [0.4, 0.5) is 0 Å². The average molecular weight is 300 g/mol. The van der Waals surface area contributed by atoms with Crippen LogP contribution in [0.1, 0.15) is 16.1 Å². The van der Waals surface area contributed by atoms with Crippen LogP contribution in [0, 0.1) is 5.92 Å². The molecular weight excluding hydrogens is 284 g/mol. The largest absolute Gasteiger partial charge is 0.506 e. The van der Waals surface area contributed by atoms with Gasteiger partial charge in [-0.05, 0) is 12.5 Å². The summed E-state index contributed by atoms with van der Waals surface area (Å²) in [7, 11) is 0. The summed E-state index contributed by atoms with van der Waals surface area (Å²) in [6.07, 6.45) is 7.51. The molecule has 0 aliphatic carbocycles. The van der Waals surface area contributed by atoms with Crippen LogP contribution in [0.15, 0.2) is 37.1 Å². The first-order valence-electron chi connectivity index (χ1n) is 6.99. The molecule has 2 aromatic heterocycles. The Morgan fingerprint density at radius 2 is 2.09 bits per heavy atom. The summed E-state index contributed by atoms with van der Waals surface area (Å²) in [5.41, 5.74) is 1.10. The molecule has 3 rings (SSSR count). The Balaban J connectivity index is 1.69. The zero-order valence-corrected chi connectivity index (χ0v) is 11.8. The van der Waals surface area contributed by atoms with E-state index in [4.69, 9.17) is 0 Å². The number of aliphatic hydroxyl groups is 1. The summed E-state index contributed by atoms with van der Waals surface area (Å²) >= 11 is 0. The van der Waals surface area contributed by atoms with Crippen molar-refractivity contribution >= 4 is 5.91 Å². The molecule has 0 radical (unpaired) electrons. The Kier molecular flexibility index (Phi) is 3.97. The van der Waals surface area contributed by atoms with Gasteiger partial charge in [-0.25, -0.2) is 0 Å². The molecule has 0 aromatic carbocycles. The van der Waals surface area contributed by atoms with Crippen molar-refractivity contribution in [2.45, 2.75) is 12.5 Å². The summed E-state index contributed by atoms with van der Waals surface area (Å²) in [4.78, 5) is 26.0. The number of aromatic hydroxyl groups is 1. The molecule has 22 heavy (non-hydrogen) atoms. The molecule has 7 heteroatoms. The third-order valence-electron chi connectivity index (χ3n) is 3.75. The minimum Gasteiger partial charge on any atom is -0.506 e. The van der Waals surface area contributed by atoms with E-state index < -0.39 is 6.10 Å². The fourth-order valence-corrected chi connectivity index (χ4v) is 2.65. The van der Waals surface area contributed by atoms with Gasteiger partial charge in [0.05, 0.1) is 23.6 Å². The van der Waals surface area contributed by atoms with Gasteiger partial charge in [0, 0.05) is 43.8 Å². The average Bonchev–Trinajstić information content (AvgIpc) is 2.88. The second-order valence-electron chi connectivity index (χ2n) is 5.37. The van der Waals surface area contributed by atoms with Gasteiger partial charge in [0.15, 0.2) is 0 Å². The van der Waals surface area contributed by atoms with Crippen molar-refractivity contribution in [1.29, 1.82) is 0 Å². The summed E-state index contributed by atoms with van der Waals surface area (Å²) in [6.45, 7) is 0.700. The smallest absolute Gasteiger partial charge is 0.255 e. The van der Waals surface area contributed by atoms with Crippen molar-refractivity contribution < 1.29 is 15.0 Å². The van der Waals surface area contributed by atoms with Crippen molar-refractivity contribution in [3.05, 3.63) is 48.3 Å². The van der Waals surface area contributed by atoms with E-state index in [0.717, 1.165) is 5.69 Å². The van der Waals surface area contributed by atoms with E-state index >= 15 is 0 Å². The summed E-state index contributed by atoms with van der Waals surface area (Å²) < 4.78 is 0. The van der Waals surface area contributed by atoms with Crippen LogP contribution in [0.3, 0.4) is 0 Å². The third kappa shape index (κ3) is 3.04. The number of carbonyl (C=O) groups excluding carboxylic acids is 1. The Morgan fingerprint density at radius 1 is 1.23 bits per heavy atom. The number of rotatable bonds is 3. The Morgan fingerprint density at radius 3 is 2.82 bits per heavy atom. The van der Waals surface area contributed by atoms with Crippen LogP contribution in [-0.2, 0) is 6.42 Å². The lowest BCUT2D eigenvalue weighted by Gasteiger charge is -2.16. The number of aliphatic hydroxyl groups excluding tert-OH is 1. The lowest BCUT2D eigenvalue weighted by Crippen LogP contribution is -2.29. The normalized spacial score (nSPS) is 21.0. The fraction of sp³-hybridized carbons (Fsp3) is 0.333. The van der Waals surface area contributed by atoms with Crippen LogP contribution < -0.4 is 0 Å². The van der Waals surface area contributed by atoms with E-state index in [9.17, 15) is 15.0 Å². The topological polar surface area (TPSA) is 99.4 Å². The number of β-amino-alcohol motifs (C(OH)–C–C–N with tert-alkyl or cyclic N) is 1. The number of carbonyl (C=O) groups is 1. The van der Waals surface area contributed by atoms with Gasteiger partial charge in [0.25, 0.3) is 5.91 Å². The second kappa shape index (κ2) is 6.07. The number of hydrogen-bond donors (Lipinski definition) is 2. The molecule has 0 saturated carbocycles. The van der Waals surface area contributed by atoms with Gasteiger partial charge in [0.1, 0.15) is 5.75 Å². The molecule has 1 saturated heterocycles. The highest BCUT2D eigenvalue weighted by molar-refractivity contribution is 5.94. The molecule has 114 valence electrons. The standard InChI is InChI=1S/C15H16N4O3/c20-13-4-10(5-17-7-13)15(22)19-8-11(14(21)9-19)3-12-6-16-1-2-18-12/h1-2,4-7,11,14,20-21H,3,8-9H2/t11-,14-/m1/s1. The van der Waals surface area contributed by atoms with Gasteiger partial charge < -0.3 is 15.1 Å². The monoisotopic (exact) mass is 300 g/mol. The maximum Gasteiger partial charge on any atom is 0.255 e. The highest BCUT2D eigenvalue weighted by Gasteiger charge is 2.34. The summed E-state index contributed by atoms with van der Waals surface area (Å²) in [6, 6.07) is 1.37. The second-order valence-corrected chi connectivity index (χ2v) is 5.37. The van der Waals surface area contributed by atoms with Crippen LogP contribution in [0.5, 0.6) is 5.75 Å². The molecular formula is C15H16N4O3. The van der Waals surface area contributed by atoms with Gasteiger partial charge in [-0.15, -0.1) is 0 Å². The Labute approximate surface area is 127 Å².